The van der Waals surface area contributed by atoms with Gasteiger partial charge in [-0.3, -0.25) is 4.90 Å². The Hall–Kier alpha value is -1.04. The van der Waals surface area contributed by atoms with E-state index >= 15 is 0 Å². The Morgan fingerprint density at radius 1 is 1.23 bits per heavy atom. The molecule has 1 aromatic rings. The first-order valence-corrected chi connectivity index (χ1v) is 7.84. The number of rotatable bonds is 10. The van der Waals surface area contributed by atoms with Crippen LogP contribution >= 0.6 is 0 Å². The van der Waals surface area contributed by atoms with Crippen LogP contribution in [0, 0.1) is 17.6 Å². The summed E-state index contributed by atoms with van der Waals surface area (Å²) in [5.41, 5.74) is 0.435. The van der Waals surface area contributed by atoms with E-state index in [-0.39, 0.29) is 6.61 Å². The average molecular weight is 315 g/mol. The van der Waals surface area contributed by atoms with Crippen molar-refractivity contribution in [1.29, 1.82) is 0 Å². The zero-order valence-electron chi connectivity index (χ0n) is 13.7. The van der Waals surface area contributed by atoms with Gasteiger partial charge in [-0.2, -0.15) is 0 Å². The maximum absolute atomic E-state index is 13.7. The van der Waals surface area contributed by atoms with Crippen molar-refractivity contribution < 1.29 is 18.6 Å². The predicted molar refractivity (Wildman–Crippen MR) is 83.6 cm³/mol. The van der Waals surface area contributed by atoms with Gasteiger partial charge in [0.1, 0.15) is 11.6 Å². The minimum Gasteiger partial charge on any atom is -0.389 e. The number of hydrogen-bond acceptors (Lipinski definition) is 3. The van der Waals surface area contributed by atoms with Crippen molar-refractivity contribution in [3.63, 3.8) is 0 Å². The van der Waals surface area contributed by atoms with Crippen LogP contribution in [0.4, 0.5) is 8.78 Å². The van der Waals surface area contributed by atoms with E-state index in [1.54, 1.807) is 0 Å². The van der Waals surface area contributed by atoms with Crippen LogP contribution in [0.3, 0.4) is 0 Å². The zero-order valence-corrected chi connectivity index (χ0v) is 13.7. The average Bonchev–Trinajstić information content (AvgIpc) is 2.41. The van der Waals surface area contributed by atoms with Crippen LogP contribution in [-0.4, -0.2) is 42.4 Å². The van der Waals surface area contributed by atoms with E-state index in [0.29, 0.717) is 31.2 Å². The number of halogens is 2. The van der Waals surface area contributed by atoms with Gasteiger partial charge in [0.05, 0.1) is 12.7 Å². The predicted octanol–water partition coefficient (Wildman–Crippen LogP) is 3.21. The molecule has 1 N–H and O–H groups in total. The Kier molecular flexibility index (Phi) is 8.53. The second-order valence-electron chi connectivity index (χ2n) is 6.06. The van der Waals surface area contributed by atoms with Gasteiger partial charge >= 0.3 is 0 Å². The summed E-state index contributed by atoms with van der Waals surface area (Å²) in [7, 11) is 0. The molecule has 0 saturated heterocycles. The Morgan fingerprint density at radius 2 is 1.95 bits per heavy atom. The highest BCUT2D eigenvalue weighted by Gasteiger charge is 2.14. The Bertz CT molecular complexity index is 441. The molecule has 126 valence electrons. The summed E-state index contributed by atoms with van der Waals surface area (Å²) >= 11 is 0. The van der Waals surface area contributed by atoms with Crippen molar-refractivity contribution >= 4 is 0 Å². The minimum atomic E-state index is -0.617. The van der Waals surface area contributed by atoms with Crippen molar-refractivity contribution in [3.8, 4) is 0 Å². The molecule has 0 spiro atoms. The summed E-state index contributed by atoms with van der Waals surface area (Å²) in [6.45, 7) is 8.49. The smallest absolute Gasteiger partial charge is 0.130 e. The lowest BCUT2D eigenvalue weighted by Gasteiger charge is -2.25. The summed E-state index contributed by atoms with van der Waals surface area (Å²) < 4.78 is 32.1. The van der Waals surface area contributed by atoms with E-state index in [0.717, 1.165) is 19.0 Å². The van der Waals surface area contributed by atoms with E-state index < -0.39 is 17.7 Å². The molecule has 0 bridgehead atoms. The first kappa shape index (κ1) is 19.0. The number of benzene rings is 1. The van der Waals surface area contributed by atoms with Crippen LogP contribution < -0.4 is 0 Å². The van der Waals surface area contributed by atoms with Crippen molar-refractivity contribution in [2.24, 2.45) is 5.92 Å². The summed E-state index contributed by atoms with van der Waals surface area (Å²) in [4.78, 5) is 1.96. The fourth-order valence-corrected chi connectivity index (χ4v) is 2.23. The molecule has 5 heteroatoms. The number of aliphatic hydroxyl groups is 1. The van der Waals surface area contributed by atoms with Crippen LogP contribution in [0.2, 0.25) is 0 Å². The van der Waals surface area contributed by atoms with Crippen LogP contribution in [0.25, 0.3) is 0 Å². The highest BCUT2D eigenvalue weighted by molar-refractivity contribution is 5.18. The second kappa shape index (κ2) is 9.87. The standard InChI is InChI=1S/C17H27F2NO2/c1-4-7-20(10-16(21)12-22-11-13(2)3)9-14-5-6-15(18)8-17(14)19/h5-6,8,13,16,21H,4,7,9-12H2,1-3H3. The van der Waals surface area contributed by atoms with Gasteiger partial charge in [-0.05, 0) is 24.9 Å². The van der Waals surface area contributed by atoms with Gasteiger partial charge in [0, 0.05) is 31.3 Å². The number of hydrogen-bond donors (Lipinski definition) is 1. The quantitative estimate of drug-likeness (QED) is 0.719. The van der Waals surface area contributed by atoms with Gasteiger partial charge in [0.2, 0.25) is 0 Å². The molecule has 0 aromatic heterocycles. The third kappa shape index (κ3) is 7.29. The SMILES string of the molecule is CCCN(Cc1ccc(F)cc1F)CC(O)COCC(C)C. The van der Waals surface area contributed by atoms with E-state index in [9.17, 15) is 13.9 Å². The molecule has 0 amide bonds. The van der Waals surface area contributed by atoms with Gasteiger partial charge in [0.25, 0.3) is 0 Å². The second-order valence-corrected chi connectivity index (χ2v) is 6.06. The summed E-state index contributed by atoms with van der Waals surface area (Å²) in [5.74, 6) is -0.704. The lowest BCUT2D eigenvalue weighted by atomic mass is 10.1. The molecule has 22 heavy (non-hydrogen) atoms. The first-order valence-electron chi connectivity index (χ1n) is 7.84. The molecular formula is C17H27F2NO2. The highest BCUT2D eigenvalue weighted by atomic mass is 19.1. The van der Waals surface area contributed by atoms with Gasteiger partial charge in [-0.25, -0.2) is 8.78 Å². The molecule has 0 heterocycles. The van der Waals surface area contributed by atoms with Crippen LogP contribution in [0.5, 0.6) is 0 Å². The lowest BCUT2D eigenvalue weighted by Crippen LogP contribution is -2.35. The summed E-state index contributed by atoms with van der Waals surface area (Å²) in [6.07, 6.45) is 0.274. The highest BCUT2D eigenvalue weighted by Crippen LogP contribution is 2.13. The molecular weight excluding hydrogens is 288 g/mol. The molecule has 3 nitrogen and oxygen atoms in total. The van der Waals surface area contributed by atoms with Gasteiger partial charge in [-0.1, -0.05) is 26.8 Å². The largest absolute Gasteiger partial charge is 0.389 e. The number of nitrogens with zero attached hydrogens (tertiary/aromatic N) is 1. The van der Waals surface area contributed by atoms with Crippen molar-refractivity contribution in [2.75, 3.05) is 26.3 Å². The fourth-order valence-electron chi connectivity index (χ4n) is 2.23. The number of ether oxygens (including phenoxy) is 1. The molecule has 0 radical (unpaired) electrons. The minimum absolute atomic E-state index is 0.268. The maximum atomic E-state index is 13.7. The van der Waals surface area contributed by atoms with E-state index in [4.69, 9.17) is 4.74 Å². The monoisotopic (exact) mass is 315 g/mol. The van der Waals surface area contributed by atoms with Crippen LogP contribution in [0.15, 0.2) is 18.2 Å². The van der Waals surface area contributed by atoms with Crippen molar-refractivity contribution in [2.45, 2.75) is 39.8 Å². The fraction of sp³-hybridized carbons (Fsp3) is 0.647. The van der Waals surface area contributed by atoms with Crippen molar-refractivity contribution in [1.82, 2.24) is 4.90 Å². The normalized spacial score (nSPS) is 13.1. The number of aliphatic hydroxyl groups excluding tert-OH is 1. The third-order valence-corrected chi connectivity index (χ3v) is 3.18. The van der Waals surface area contributed by atoms with Crippen LogP contribution in [0.1, 0.15) is 32.8 Å². The third-order valence-electron chi connectivity index (χ3n) is 3.18. The Labute approximate surface area is 131 Å². The first-order chi connectivity index (χ1) is 10.4. The van der Waals surface area contributed by atoms with Crippen LogP contribution in [-0.2, 0) is 11.3 Å². The van der Waals surface area contributed by atoms with Gasteiger partial charge < -0.3 is 9.84 Å². The zero-order chi connectivity index (χ0) is 16.5. The van der Waals surface area contributed by atoms with Gasteiger partial charge in [-0.15, -0.1) is 0 Å². The molecule has 1 rings (SSSR count). The maximum Gasteiger partial charge on any atom is 0.130 e. The van der Waals surface area contributed by atoms with E-state index in [1.165, 1.54) is 12.1 Å². The molecule has 1 unspecified atom stereocenters. The van der Waals surface area contributed by atoms with E-state index in [2.05, 4.69) is 0 Å². The summed E-state index contributed by atoms with van der Waals surface area (Å²) in [5, 5.41) is 10.0. The topological polar surface area (TPSA) is 32.7 Å². The Morgan fingerprint density at radius 3 is 2.55 bits per heavy atom. The molecule has 1 aromatic carbocycles. The summed E-state index contributed by atoms with van der Waals surface area (Å²) in [6, 6.07) is 3.60. The Balaban J connectivity index is 2.53. The molecule has 1 atom stereocenters. The van der Waals surface area contributed by atoms with E-state index in [1.807, 2.05) is 25.7 Å². The lowest BCUT2D eigenvalue weighted by molar-refractivity contribution is 0.00677. The molecule has 0 fully saturated rings. The molecule has 0 aliphatic carbocycles. The molecule has 0 aliphatic rings. The molecule has 0 saturated carbocycles. The van der Waals surface area contributed by atoms with Crippen molar-refractivity contribution in [3.05, 3.63) is 35.4 Å². The van der Waals surface area contributed by atoms with Gasteiger partial charge in [0.15, 0.2) is 0 Å². The molecule has 0 aliphatic heterocycles.